The number of esters is 1. The summed E-state index contributed by atoms with van der Waals surface area (Å²) in [5, 5.41) is 3.55. The summed E-state index contributed by atoms with van der Waals surface area (Å²) in [6.07, 6.45) is 3.29. The number of rotatable bonds is 2. The molecule has 20 heavy (non-hydrogen) atoms. The minimum Gasteiger partial charge on any atom is -0.469 e. The van der Waals surface area contributed by atoms with Crippen LogP contribution in [0.25, 0.3) is 0 Å². The predicted molar refractivity (Wildman–Crippen MR) is 78.4 cm³/mol. The van der Waals surface area contributed by atoms with Crippen LogP contribution in [0.2, 0.25) is 0 Å². The molecule has 4 atom stereocenters. The second kappa shape index (κ2) is 6.44. The van der Waals surface area contributed by atoms with Crippen LogP contribution >= 0.6 is 0 Å². The molecular weight excluding hydrogens is 254 g/mol. The monoisotopic (exact) mass is 283 g/mol. The van der Waals surface area contributed by atoms with Crippen LogP contribution in [-0.2, 0) is 14.3 Å². The molecule has 0 spiro atoms. The molecular formula is C16H29NO3. The Morgan fingerprint density at radius 3 is 2.60 bits per heavy atom. The van der Waals surface area contributed by atoms with E-state index in [1.807, 2.05) is 0 Å². The fraction of sp³-hybridized carbons (Fsp3) is 0.938. The van der Waals surface area contributed by atoms with E-state index < -0.39 is 0 Å². The maximum absolute atomic E-state index is 12.3. The molecule has 0 saturated carbocycles. The highest BCUT2D eigenvalue weighted by Crippen LogP contribution is 2.38. The van der Waals surface area contributed by atoms with Gasteiger partial charge in [-0.1, -0.05) is 20.8 Å². The zero-order valence-electron chi connectivity index (χ0n) is 13.3. The molecule has 2 fully saturated rings. The highest BCUT2D eigenvalue weighted by Gasteiger charge is 2.42. The summed E-state index contributed by atoms with van der Waals surface area (Å²) in [4.78, 5) is 12.3. The maximum Gasteiger partial charge on any atom is 0.309 e. The number of nitrogens with one attached hydrogen (secondary N) is 1. The molecule has 0 aromatic heterocycles. The molecule has 0 bridgehead atoms. The van der Waals surface area contributed by atoms with Gasteiger partial charge in [-0.15, -0.1) is 0 Å². The van der Waals surface area contributed by atoms with Gasteiger partial charge in [0, 0.05) is 19.1 Å². The van der Waals surface area contributed by atoms with Crippen LogP contribution in [-0.4, -0.2) is 38.9 Å². The minimum absolute atomic E-state index is 0.0395. The summed E-state index contributed by atoms with van der Waals surface area (Å²) in [5.41, 5.74) is 0.199. The average molecular weight is 283 g/mol. The molecule has 4 nitrogen and oxygen atoms in total. The molecule has 0 radical (unpaired) electrons. The van der Waals surface area contributed by atoms with E-state index in [1.54, 1.807) is 0 Å². The molecule has 2 aliphatic heterocycles. The third-order valence-corrected chi connectivity index (χ3v) is 5.00. The molecule has 0 aromatic carbocycles. The van der Waals surface area contributed by atoms with Crippen molar-refractivity contribution in [2.45, 2.75) is 46.1 Å². The second-order valence-electron chi connectivity index (χ2n) is 7.30. The van der Waals surface area contributed by atoms with Crippen molar-refractivity contribution in [1.29, 1.82) is 0 Å². The van der Waals surface area contributed by atoms with E-state index in [0.29, 0.717) is 5.92 Å². The third kappa shape index (κ3) is 3.53. The fourth-order valence-electron chi connectivity index (χ4n) is 3.54. The smallest absolute Gasteiger partial charge is 0.309 e. The first-order chi connectivity index (χ1) is 9.43. The summed E-state index contributed by atoms with van der Waals surface area (Å²) >= 11 is 0. The lowest BCUT2D eigenvalue weighted by molar-refractivity contribution is -0.150. The van der Waals surface area contributed by atoms with Gasteiger partial charge in [-0.2, -0.15) is 0 Å². The molecule has 0 aromatic rings. The van der Waals surface area contributed by atoms with Crippen LogP contribution in [0.5, 0.6) is 0 Å². The minimum atomic E-state index is -0.0663. The van der Waals surface area contributed by atoms with Crippen molar-refractivity contribution in [3.05, 3.63) is 0 Å². The molecule has 0 amide bonds. The predicted octanol–water partition coefficient (Wildman–Crippen LogP) is 2.23. The van der Waals surface area contributed by atoms with E-state index in [0.717, 1.165) is 39.0 Å². The van der Waals surface area contributed by atoms with Gasteiger partial charge in [0.1, 0.15) is 0 Å². The summed E-state index contributed by atoms with van der Waals surface area (Å²) in [5.74, 6) is 0.626. The van der Waals surface area contributed by atoms with Crippen LogP contribution < -0.4 is 5.32 Å². The molecule has 2 heterocycles. The SMILES string of the molecule is COC(=O)[C@H]1C[C@@H](C(C)(C)C)CNC[C@@H]1C1CCCO1. The lowest BCUT2D eigenvalue weighted by Crippen LogP contribution is -2.38. The van der Waals surface area contributed by atoms with Crippen LogP contribution in [0, 0.1) is 23.2 Å². The summed E-state index contributed by atoms with van der Waals surface area (Å²) in [7, 11) is 1.50. The first-order valence-electron chi connectivity index (χ1n) is 7.83. The number of carbonyl (C=O) groups excluding carboxylic acids is 1. The van der Waals surface area contributed by atoms with Crippen LogP contribution in [0.15, 0.2) is 0 Å². The largest absolute Gasteiger partial charge is 0.469 e. The fourth-order valence-corrected chi connectivity index (χ4v) is 3.54. The number of ether oxygens (including phenoxy) is 2. The van der Waals surface area contributed by atoms with E-state index in [9.17, 15) is 4.79 Å². The van der Waals surface area contributed by atoms with Gasteiger partial charge in [-0.05, 0) is 37.1 Å². The highest BCUT2D eigenvalue weighted by atomic mass is 16.5. The lowest BCUT2D eigenvalue weighted by Gasteiger charge is -2.33. The van der Waals surface area contributed by atoms with Crippen molar-refractivity contribution >= 4 is 5.97 Å². The number of methoxy groups -OCH3 is 1. The highest BCUT2D eigenvalue weighted by molar-refractivity contribution is 5.72. The Hall–Kier alpha value is -0.610. The van der Waals surface area contributed by atoms with Gasteiger partial charge in [-0.25, -0.2) is 0 Å². The van der Waals surface area contributed by atoms with Gasteiger partial charge < -0.3 is 14.8 Å². The van der Waals surface area contributed by atoms with Gasteiger partial charge in [0.2, 0.25) is 0 Å². The average Bonchev–Trinajstić information content (AvgIpc) is 2.81. The van der Waals surface area contributed by atoms with Crippen LogP contribution in [0.1, 0.15) is 40.0 Å². The molecule has 1 unspecified atom stereocenters. The Kier molecular flexibility index (Phi) is 5.08. The van der Waals surface area contributed by atoms with Crippen LogP contribution in [0.3, 0.4) is 0 Å². The van der Waals surface area contributed by atoms with Crippen molar-refractivity contribution < 1.29 is 14.3 Å². The normalized spacial score (nSPS) is 35.6. The standard InChI is InChI=1S/C16H29NO3/c1-16(2,3)11-8-12(15(18)19-4)13(10-17-9-11)14-6-5-7-20-14/h11-14,17H,5-10H2,1-4H3/t11-,12+,13+,14?/m1/s1. The summed E-state index contributed by atoms with van der Waals surface area (Å²) in [6, 6.07) is 0. The summed E-state index contributed by atoms with van der Waals surface area (Å²) in [6.45, 7) is 9.41. The van der Waals surface area contributed by atoms with Gasteiger partial charge >= 0.3 is 5.97 Å². The van der Waals surface area contributed by atoms with Crippen molar-refractivity contribution in [3.63, 3.8) is 0 Å². The van der Waals surface area contributed by atoms with E-state index in [1.165, 1.54) is 7.11 Å². The van der Waals surface area contributed by atoms with Gasteiger partial charge in [0.15, 0.2) is 0 Å². The lowest BCUT2D eigenvalue weighted by atomic mass is 9.73. The zero-order valence-corrected chi connectivity index (χ0v) is 13.3. The first-order valence-corrected chi connectivity index (χ1v) is 7.83. The van der Waals surface area contributed by atoms with E-state index in [4.69, 9.17) is 9.47 Å². The first kappa shape index (κ1) is 15.8. The second-order valence-corrected chi connectivity index (χ2v) is 7.30. The van der Waals surface area contributed by atoms with Gasteiger partial charge in [0.25, 0.3) is 0 Å². The Morgan fingerprint density at radius 1 is 1.30 bits per heavy atom. The molecule has 2 saturated heterocycles. The number of hydrogen-bond donors (Lipinski definition) is 1. The number of carbonyl (C=O) groups is 1. The van der Waals surface area contributed by atoms with Crippen molar-refractivity contribution in [2.75, 3.05) is 26.8 Å². The van der Waals surface area contributed by atoms with E-state index >= 15 is 0 Å². The number of hydrogen-bond acceptors (Lipinski definition) is 4. The topological polar surface area (TPSA) is 47.6 Å². The quantitative estimate of drug-likeness (QED) is 0.790. The molecule has 0 aliphatic carbocycles. The molecule has 2 rings (SSSR count). The molecule has 116 valence electrons. The molecule has 2 aliphatic rings. The maximum atomic E-state index is 12.3. The van der Waals surface area contributed by atoms with Gasteiger partial charge in [-0.3, -0.25) is 4.79 Å². The zero-order chi connectivity index (χ0) is 14.8. The summed E-state index contributed by atoms with van der Waals surface area (Å²) < 4.78 is 10.9. The molecule has 1 N–H and O–H groups in total. The van der Waals surface area contributed by atoms with Gasteiger partial charge in [0.05, 0.1) is 19.1 Å². The Balaban J connectivity index is 2.16. The Bertz CT molecular complexity index is 331. The van der Waals surface area contributed by atoms with Crippen molar-refractivity contribution in [1.82, 2.24) is 5.32 Å². The van der Waals surface area contributed by atoms with Crippen molar-refractivity contribution in [3.8, 4) is 0 Å². The third-order valence-electron chi connectivity index (χ3n) is 5.00. The Labute approximate surface area is 122 Å². The van der Waals surface area contributed by atoms with E-state index in [2.05, 4.69) is 26.1 Å². The van der Waals surface area contributed by atoms with E-state index in [-0.39, 0.29) is 29.3 Å². The Morgan fingerprint density at radius 2 is 2.05 bits per heavy atom. The van der Waals surface area contributed by atoms with Crippen molar-refractivity contribution in [2.24, 2.45) is 23.2 Å². The van der Waals surface area contributed by atoms with Crippen LogP contribution in [0.4, 0.5) is 0 Å². The molecule has 4 heteroatoms.